The quantitative estimate of drug-likeness (QED) is 0.188. The monoisotopic (exact) mass is 471 g/mol. The first kappa shape index (κ1) is 26.7. The second kappa shape index (κ2) is 12.6. The van der Waals surface area contributed by atoms with Gasteiger partial charge in [0.1, 0.15) is 11.5 Å². The van der Waals surface area contributed by atoms with E-state index in [0.717, 1.165) is 12.8 Å². The number of carbonyl (C=O) groups excluding carboxylic acids is 3. The minimum Gasteiger partial charge on any atom is -0.508 e. The van der Waals surface area contributed by atoms with Gasteiger partial charge >= 0.3 is 0 Å². The van der Waals surface area contributed by atoms with Crippen LogP contribution in [0.2, 0.25) is 0 Å². The lowest BCUT2D eigenvalue weighted by molar-refractivity contribution is -0.129. The summed E-state index contributed by atoms with van der Waals surface area (Å²) in [4.78, 5) is 37.4. The number of aromatic hydroxyl groups is 2. The summed E-state index contributed by atoms with van der Waals surface area (Å²) in [6.07, 6.45) is 3.56. The third-order valence-electron chi connectivity index (χ3n) is 5.52. The van der Waals surface area contributed by atoms with Gasteiger partial charge in [0.2, 0.25) is 11.8 Å². The van der Waals surface area contributed by atoms with Crippen LogP contribution in [0.3, 0.4) is 0 Å². The van der Waals surface area contributed by atoms with Crippen molar-refractivity contribution in [2.45, 2.75) is 58.3 Å². The summed E-state index contributed by atoms with van der Waals surface area (Å²) >= 11 is 0. The standard InChI is InChI=1S/C25H33N3O6/c1-16(2)19-14-20(22(30)15-21(19)29)25(33)28(3)18-12-10-17(11-13-18)26-23(31)8-6-4-5-7-9-24(32)27-34/h10-16,29-30,34H,4-9H2,1-3H3,(H,26,31)(H,27,32). The molecule has 2 aromatic carbocycles. The van der Waals surface area contributed by atoms with E-state index in [4.69, 9.17) is 5.21 Å². The summed E-state index contributed by atoms with van der Waals surface area (Å²) in [6.45, 7) is 3.77. The van der Waals surface area contributed by atoms with Crippen LogP contribution in [0, 0.1) is 0 Å². The van der Waals surface area contributed by atoms with Gasteiger partial charge in [0.15, 0.2) is 0 Å². The van der Waals surface area contributed by atoms with Crippen LogP contribution >= 0.6 is 0 Å². The topological polar surface area (TPSA) is 139 Å². The molecule has 9 nitrogen and oxygen atoms in total. The van der Waals surface area contributed by atoms with Crippen molar-refractivity contribution in [1.29, 1.82) is 0 Å². The first-order valence-corrected chi connectivity index (χ1v) is 11.3. The lowest BCUT2D eigenvalue weighted by Crippen LogP contribution is -2.26. The zero-order chi connectivity index (χ0) is 25.3. The van der Waals surface area contributed by atoms with Crippen LogP contribution in [0.4, 0.5) is 11.4 Å². The minimum absolute atomic E-state index is 0.0203. The zero-order valence-corrected chi connectivity index (χ0v) is 19.8. The molecular weight excluding hydrogens is 438 g/mol. The SMILES string of the molecule is CC(C)c1cc(C(=O)N(C)c2ccc(NC(=O)CCCCCCC(=O)NO)cc2)c(O)cc1O. The number of hydroxylamine groups is 1. The average Bonchev–Trinajstić information content (AvgIpc) is 2.80. The van der Waals surface area contributed by atoms with Crippen molar-refractivity contribution in [3.8, 4) is 11.5 Å². The highest BCUT2D eigenvalue weighted by atomic mass is 16.5. The van der Waals surface area contributed by atoms with Crippen molar-refractivity contribution in [3.05, 3.63) is 47.5 Å². The minimum atomic E-state index is -0.423. The summed E-state index contributed by atoms with van der Waals surface area (Å²) in [5.74, 6) is -1.32. The molecular formula is C25H33N3O6. The first-order chi connectivity index (χ1) is 16.1. The number of anilines is 2. The Balaban J connectivity index is 1.90. The van der Waals surface area contributed by atoms with E-state index in [1.165, 1.54) is 17.0 Å². The molecule has 34 heavy (non-hydrogen) atoms. The van der Waals surface area contributed by atoms with E-state index in [9.17, 15) is 24.6 Å². The van der Waals surface area contributed by atoms with E-state index in [2.05, 4.69) is 5.32 Å². The van der Waals surface area contributed by atoms with Gasteiger partial charge < -0.3 is 20.4 Å². The Hall–Kier alpha value is -3.59. The average molecular weight is 472 g/mol. The van der Waals surface area contributed by atoms with Crippen molar-refractivity contribution in [3.63, 3.8) is 0 Å². The van der Waals surface area contributed by atoms with E-state index >= 15 is 0 Å². The number of phenolic OH excluding ortho intramolecular Hbond substituents is 2. The van der Waals surface area contributed by atoms with Gasteiger partial charge in [0.05, 0.1) is 5.56 Å². The highest BCUT2D eigenvalue weighted by Crippen LogP contribution is 2.33. The summed E-state index contributed by atoms with van der Waals surface area (Å²) in [5, 5.41) is 31.4. The number of hydrogen-bond donors (Lipinski definition) is 5. The van der Waals surface area contributed by atoms with E-state index in [-0.39, 0.29) is 35.3 Å². The number of unbranched alkanes of at least 4 members (excludes halogenated alkanes) is 3. The maximum absolute atomic E-state index is 12.9. The van der Waals surface area contributed by atoms with Gasteiger partial charge in [-0.25, -0.2) is 5.48 Å². The van der Waals surface area contributed by atoms with Crippen LogP contribution in [0.1, 0.15) is 74.2 Å². The largest absolute Gasteiger partial charge is 0.508 e. The van der Waals surface area contributed by atoms with Gasteiger partial charge in [0.25, 0.3) is 5.91 Å². The maximum atomic E-state index is 12.9. The van der Waals surface area contributed by atoms with Gasteiger partial charge in [0, 0.05) is 37.3 Å². The van der Waals surface area contributed by atoms with Crippen molar-refractivity contribution in [2.75, 3.05) is 17.3 Å². The molecule has 0 aliphatic rings. The molecule has 9 heteroatoms. The van der Waals surface area contributed by atoms with Crippen molar-refractivity contribution >= 4 is 29.1 Å². The molecule has 0 fully saturated rings. The molecule has 0 radical (unpaired) electrons. The molecule has 0 saturated heterocycles. The van der Waals surface area contributed by atoms with Gasteiger partial charge in [-0.2, -0.15) is 0 Å². The molecule has 2 aromatic rings. The molecule has 0 atom stereocenters. The van der Waals surface area contributed by atoms with E-state index in [1.807, 2.05) is 13.8 Å². The molecule has 184 valence electrons. The lowest BCUT2D eigenvalue weighted by Gasteiger charge is -2.20. The van der Waals surface area contributed by atoms with Crippen molar-refractivity contribution in [2.24, 2.45) is 0 Å². The van der Waals surface area contributed by atoms with Crippen molar-refractivity contribution in [1.82, 2.24) is 5.48 Å². The van der Waals surface area contributed by atoms with E-state index in [1.54, 1.807) is 36.8 Å². The smallest absolute Gasteiger partial charge is 0.261 e. The normalized spacial score (nSPS) is 10.7. The maximum Gasteiger partial charge on any atom is 0.261 e. The van der Waals surface area contributed by atoms with Crippen LogP contribution in [0.15, 0.2) is 36.4 Å². The van der Waals surface area contributed by atoms with Crippen LogP contribution in [-0.4, -0.2) is 40.2 Å². The highest BCUT2D eigenvalue weighted by Gasteiger charge is 2.21. The van der Waals surface area contributed by atoms with Crippen LogP contribution < -0.4 is 15.7 Å². The number of nitrogens with one attached hydrogen (secondary N) is 2. The molecule has 0 aliphatic heterocycles. The molecule has 0 heterocycles. The molecule has 0 bridgehead atoms. The van der Waals surface area contributed by atoms with Gasteiger partial charge in [-0.05, 0) is 54.7 Å². The highest BCUT2D eigenvalue weighted by molar-refractivity contribution is 6.08. The number of hydrogen-bond acceptors (Lipinski definition) is 6. The molecule has 5 N–H and O–H groups in total. The fourth-order valence-electron chi connectivity index (χ4n) is 3.50. The Morgan fingerprint density at radius 2 is 1.47 bits per heavy atom. The predicted molar refractivity (Wildman–Crippen MR) is 129 cm³/mol. The number of nitrogens with zero attached hydrogens (tertiary/aromatic N) is 1. The predicted octanol–water partition coefficient (Wildman–Crippen LogP) is 4.28. The van der Waals surface area contributed by atoms with E-state index < -0.39 is 11.8 Å². The molecule has 0 aliphatic carbocycles. The third kappa shape index (κ3) is 7.48. The van der Waals surface area contributed by atoms with Gasteiger partial charge in [-0.3, -0.25) is 19.6 Å². The lowest BCUT2D eigenvalue weighted by atomic mass is 9.98. The fraction of sp³-hybridized carbons (Fsp3) is 0.400. The first-order valence-electron chi connectivity index (χ1n) is 11.3. The summed E-state index contributed by atoms with van der Waals surface area (Å²) in [6, 6.07) is 9.47. The second-order valence-electron chi connectivity index (χ2n) is 8.49. The molecule has 0 aromatic heterocycles. The third-order valence-corrected chi connectivity index (χ3v) is 5.52. The number of phenols is 2. The number of rotatable bonds is 11. The van der Waals surface area contributed by atoms with Crippen molar-refractivity contribution < 1.29 is 29.8 Å². The molecule has 0 saturated carbocycles. The number of benzene rings is 2. The molecule has 0 unspecified atom stereocenters. The Morgan fingerprint density at radius 3 is 2.03 bits per heavy atom. The summed E-state index contributed by atoms with van der Waals surface area (Å²) in [5.41, 5.74) is 3.44. The molecule has 2 rings (SSSR count). The van der Waals surface area contributed by atoms with Crippen LogP contribution in [0.25, 0.3) is 0 Å². The van der Waals surface area contributed by atoms with Gasteiger partial charge in [-0.1, -0.05) is 26.7 Å². The summed E-state index contributed by atoms with van der Waals surface area (Å²) in [7, 11) is 1.58. The summed E-state index contributed by atoms with van der Waals surface area (Å²) < 4.78 is 0. The Labute approximate surface area is 199 Å². The van der Waals surface area contributed by atoms with Gasteiger partial charge in [-0.15, -0.1) is 0 Å². The number of amides is 3. The Bertz CT molecular complexity index is 1000. The Morgan fingerprint density at radius 1 is 0.882 bits per heavy atom. The molecule has 3 amide bonds. The second-order valence-corrected chi connectivity index (χ2v) is 8.49. The zero-order valence-electron chi connectivity index (χ0n) is 19.8. The number of carbonyl (C=O) groups is 3. The van der Waals surface area contributed by atoms with Crippen LogP contribution in [-0.2, 0) is 9.59 Å². The fourth-order valence-corrected chi connectivity index (χ4v) is 3.50. The Kier molecular flexibility index (Phi) is 9.88. The van der Waals surface area contributed by atoms with E-state index in [0.29, 0.717) is 36.2 Å². The molecule has 0 spiro atoms. The van der Waals surface area contributed by atoms with Crippen LogP contribution in [0.5, 0.6) is 11.5 Å².